The minimum atomic E-state index is -0.637. The standard InChI is InChI=1S/C20H38O4S/c1-5-9-11-17(7-3)15-23-19(13-21)25-20(14-22)24-16-18(8-4)12-10-6-2/h13-14,17-20H,5-12,15-16H2,1-4H3. The lowest BCUT2D eigenvalue weighted by atomic mass is 10.0. The van der Waals surface area contributed by atoms with Crippen molar-refractivity contribution in [1.82, 2.24) is 0 Å². The van der Waals surface area contributed by atoms with Crippen molar-refractivity contribution in [2.45, 2.75) is 89.9 Å². The fourth-order valence-corrected chi connectivity index (χ4v) is 3.32. The maximum atomic E-state index is 11.3. The highest BCUT2D eigenvalue weighted by Crippen LogP contribution is 2.22. The van der Waals surface area contributed by atoms with Gasteiger partial charge in [-0.3, -0.25) is 9.59 Å². The van der Waals surface area contributed by atoms with Crippen LogP contribution >= 0.6 is 11.8 Å². The molecule has 0 aromatic heterocycles. The number of hydrogen-bond donors (Lipinski definition) is 0. The molecule has 0 amide bonds. The molecule has 0 aliphatic rings. The smallest absolute Gasteiger partial charge is 0.161 e. The third-order valence-electron chi connectivity index (χ3n) is 4.57. The molecule has 0 fully saturated rings. The van der Waals surface area contributed by atoms with Gasteiger partial charge < -0.3 is 9.47 Å². The molecule has 0 rings (SSSR count). The van der Waals surface area contributed by atoms with Crippen LogP contribution in [0.1, 0.15) is 79.1 Å². The molecule has 0 heterocycles. The number of thioether (sulfide) groups is 1. The number of carbonyl (C=O) groups is 2. The van der Waals surface area contributed by atoms with Crippen molar-refractivity contribution < 1.29 is 19.1 Å². The summed E-state index contributed by atoms with van der Waals surface area (Å²) in [4.78, 5) is 22.6. The van der Waals surface area contributed by atoms with Gasteiger partial charge in [-0.15, -0.1) is 0 Å². The lowest BCUT2D eigenvalue weighted by Crippen LogP contribution is -2.23. The van der Waals surface area contributed by atoms with Crippen molar-refractivity contribution in [2.75, 3.05) is 13.2 Å². The number of ether oxygens (including phenoxy) is 2. The first-order chi connectivity index (χ1) is 12.1. The molecule has 4 unspecified atom stereocenters. The summed E-state index contributed by atoms with van der Waals surface area (Å²) in [6.07, 6.45) is 10.5. The van der Waals surface area contributed by atoms with E-state index in [9.17, 15) is 9.59 Å². The molecule has 0 aliphatic carbocycles. The highest BCUT2D eigenvalue weighted by Gasteiger charge is 2.20. The molecule has 0 spiro atoms. The molecule has 0 radical (unpaired) electrons. The van der Waals surface area contributed by atoms with Crippen molar-refractivity contribution >= 4 is 24.3 Å². The molecule has 148 valence electrons. The summed E-state index contributed by atoms with van der Waals surface area (Å²) in [6.45, 7) is 9.76. The van der Waals surface area contributed by atoms with Gasteiger partial charge in [-0.25, -0.2) is 0 Å². The maximum Gasteiger partial charge on any atom is 0.161 e. The summed E-state index contributed by atoms with van der Waals surface area (Å²) in [6, 6.07) is 0. The van der Waals surface area contributed by atoms with Crippen LogP contribution in [-0.4, -0.2) is 36.7 Å². The molecule has 0 saturated carbocycles. The molecule has 25 heavy (non-hydrogen) atoms. The summed E-state index contributed by atoms with van der Waals surface area (Å²) in [7, 11) is 0. The van der Waals surface area contributed by atoms with Crippen LogP contribution in [0, 0.1) is 11.8 Å². The van der Waals surface area contributed by atoms with Crippen LogP contribution in [0.2, 0.25) is 0 Å². The van der Waals surface area contributed by atoms with Gasteiger partial charge in [0.15, 0.2) is 23.4 Å². The fraction of sp³-hybridized carbons (Fsp3) is 0.900. The Bertz CT molecular complexity index is 295. The molecule has 5 heteroatoms. The Labute approximate surface area is 158 Å². The van der Waals surface area contributed by atoms with Crippen molar-refractivity contribution in [3.63, 3.8) is 0 Å². The fourth-order valence-electron chi connectivity index (χ4n) is 2.61. The van der Waals surface area contributed by atoms with Gasteiger partial charge in [0.2, 0.25) is 0 Å². The second kappa shape index (κ2) is 17.0. The molecule has 4 nitrogen and oxygen atoms in total. The Hall–Kier alpha value is -0.390. The van der Waals surface area contributed by atoms with E-state index in [0.717, 1.165) is 50.0 Å². The summed E-state index contributed by atoms with van der Waals surface area (Å²) < 4.78 is 11.5. The van der Waals surface area contributed by atoms with E-state index < -0.39 is 10.9 Å². The second-order valence-electron chi connectivity index (χ2n) is 6.64. The minimum Gasteiger partial charge on any atom is -0.360 e. The van der Waals surface area contributed by atoms with Gasteiger partial charge in [0.25, 0.3) is 0 Å². The summed E-state index contributed by atoms with van der Waals surface area (Å²) in [5.41, 5.74) is -1.27. The molecular formula is C20H38O4S. The second-order valence-corrected chi connectivity index (χ2v) is 7.85. The van der Waals surface area contributed by atoms with Gasteiger partial charge in [-0.05, 0) is 24.7 Å². The van der Waals surface area contributed by atoms with E-state index in [1.165, 1.54) is 25.7 Å². The Morgan fingerprint density at radius 1 is 0.760 bits per heavy atom. The van der Waals surface area contributed by atoms with E-state index in [2.05, 4.69) is 27.7 Å². The Morgan fingerprint density at radius 2 is 1.16 bits per heavy atom. The molecule has 0 aromatic rings. The van der Waals surface area contributed by atoms with Crippen LogP contribution in [0.15, 0.2) is 0 Å². The average Bonchev–Trinajstić information content (AvgIpc) is 2.65. The van der Waals surface area contributed by atoms with E-state index >= 15 is 0 Å². The lowest BCUT2D eigenvalue weighted by Gasteiger charge is -2.21. The lowest BCUT2D eigenvalue weighted by molar-refractivity contribution is -0.115. The number of aldehydes is 2. The monoisotopic (exact) mass is 374 g/mol. The van der Waals surface area contributed by atoms with Crippen molar-refractivity contribution in [3.05, 3.63) is 0 Å². The number of carbonyl (C=O) groups excluding carboxylic acids is 2. The normalized spacial score (nSPS) is 16.2. The third kappa shape index (κ3) is 12.6. The molecule has 0 N–H and O–H groups in total. The van der Waals surface area contributed by atoms with Crippen LogP contribution < -0.4 is 0 Å². The van der Waals surface area contributed by atoms with Crippen LogP contribution in [0.25, 0.3) is 0 Å². The molecule has 4 atom stereocenters. The number of rotatable bonds is 18. The van der Waals surface area contributed by atoms with Crippen molar-refractivity contribution in [1.29, 1.82) is 0 Å². The summed E-state index contributed by atoms with van der Waals surface area (Å²) >= 11 is 1.16. The van der Waals surface area contributed by atoms with E-state index in [4.69, 9.17) is 9.47 Å². The largest absolute Gasteiger partial charge is 0.360 e. The maximum absolute atomic E-state index is 11.3. The van der Waals surface area contributed by atoms with E-state index in [0.29, 0.717) is 25.0 Å². The first-order valence-corrected chi connectivity index (χ1v) is 10.9. The molecular weight excluding hydrogens is 336 g/mol. The van der Waals surface area contributed by atoms with Gasteiger partial charge in [0.05, 0.1) is 13.2 Å². The van der Waals surface area contributed by atoms with Crippen LogP contribution in [0.3, 0.4) is 0 Å². The quantitative estimate of drug-likeness (QED) is 0.243. The van der Waals surface area contributed by atoms with Gasteiger partial charge in [-0.2, -0.15) is 0 Å². The Kier molecular flexibility index (Phi) is 16.8. The van der Waals surface area contributed by atoms with Crippen molar-refractivity contribution in [2.24, 2.45) is 11.8 Å². The molecule has 0 aromatic carbocycles. The van der Waals surface area contributed by atoms with E-state index in [-0.39, 0.29) is 0 Å². The van der Waals surface area contributed by atoms with Crippen LogP contribution in [0.4, 0.5) is 0 Å². The molecule has 0 bridgehead atoms. The van der Waals surface area contributed by atoms with Gasteiger partial charge in [-0.1, -0.05) is 78.0 Å². The third-order valence-corrected chi connectivity index (χ3v) is 5.60. The van der Waals surface area contributed by atoms with Crippen LogP contribution in [-0.2, 0) is 19.1 Å². The predicted molar refractivity (Wildman–Crippen MR) is 106 cm³/mol. The first kappa shape index (κ1) is 24.6. The molecule has 0 aliphatic heterocycles. The number of hydrogen-bond acceptors (Lipinski definition) is 5. The zero-order chi connectivity index (χ0) is 18.9. The van der Waals surface area contributed by atoms with Gasteiger partial charge in [0.1, 0.15) is 0 Å². The van der Waals surface area contributed by atoms with Gasteiger partial charge >= 0.3 is 0 Å². The zero-order valence-electron chi connectivity index (χ0n) is 16.6. The highest BCUT2D eigenvalue weighted by molar-refractivity contribution is 8.01. The highest BCUT2D eigenvalue weighted by atomic mass is 32.2. The molecule has 0 saturated heterocycles. The van der Waals surface area contributed by atoms with Gasteiger partial charge in [0, 0.05) is 0 Å². The topological polar surface area (TPSA) is 52.6 Å². The predicted octanol–water partition coefficient (Wildman–Crippen LogP) is 5.24. The summed E-state index contributed by atoms with van der Waals surface area (Å²) in [5, 5.41) is 0. The van der Waals surface area contributed by atoms with Crippen LogP contribution in [0.5, 0.6) is 0 Å². The van der Waals surface area contributed by atoms with Crippen molar-refractivity contribution in [3.8, 4) is 0 Å². The van der Waals surface area contributed by atoms with E-state index in [1.807, 2.05) is 0 Å². The minimum absolute atomic E-state index is 0.470. The number of unbranched alkanes of at least 4 members (excludes halogenated alkanes) is 2. The zero-order valence-corrected chi connectivity index (χ0v) is 17.4. The first-order valence-electron chi connectivity index (χ1n) is 9.94. The Balaban J connectivity index is 4.29. The Morgan fingerprint density at radius 3 is 1.44 bits per heavy atom. The van der Waals surface area contributed by atoms with E-state index in [1.54, 1.807) is 0 Å². The summed E-state index contributed by atoms with van der Waals surface area (Å²) in [5.74, 6) is 0.939. The SMILES string of the molecule is CCCCC(CC)COC(C=O)SC(C=O)OCC(CC)CCCC. The average molecular weight is 375 g/mol.